The first-order valence-corrected chi connectivity index (χ1v) is 6.22. The minimum atomic E-state index is -0.563. The van der Waals surface area contributed by atoms with Crippen molar-refractivity contribution >= 4 is 0 Å². The molecule has 2 rings (SSSR count). The van der Waals surface area contributed by atoms with Crippen LogP contribution in [-0.4, -0.2) is 11.7 Å². The van der Waals surface area contributed by atoms with E-state index in [-0.39, 0.29) is 24.5 Å². The summed E-state index contributed by atoms with van der Waals surface area (Å²) in [5.41, 5.74) is 1.97. The molecule has 100 valence electrons. The van der Waals surface area contributed by atoms with E-state index in [9.17, 15) is 13.9 Å². The van der Waals surface area contributed by atoms with Gasteiger partial charge in [-0.15, -0.1) is 0 Å². The Morgan fingerprint density at radius 3 is 2.21 bits per heavy atom. The Kier molecular flexibility index (Phi) is 4.27. The van der Waals surface area contributed by atoms with Crippen LogP contribution in [0.5, 0.6) is 0 Å². The molecule has 2 aromatic rings. The van der Waals surface area contributed by atoms with E-state index in [2.05, 4.69) is 0 Å². The van der Waals surface area contributed by atoms with Crippen molar-refractivity contribution in [2.24, 2.45) is 0 Å². The highest BCUT2D eigenvalue weighted by Crippen LogP contribution is 2.26. The standard InChI is InChI=1S/C16H16F2O/c1-11-5-2-3-6-13(11)12(10-19)9-14-15(17)7-4-8-16(14)18/h2-8,12,19H,9-10H2,1H3. The Morgan fingerprint density at radius 2 is 1.63 bits per heavy atom. The number of hydrogen-bond acceptors (Lipinski definition) is 1. The summed E-state index contributed by atoms with van der Waals surface area (Å²) in [4.78, 5) is 0. The van der Waals surface area contributed by atoms with E-state index in [1.54, 1.807) is 0 Å². The van der Waals surface area contributed by atoms with Crippen LogP contribution in [0.25, 0.3) is 0 Å². The normalized spacial score (nSPS) is 12.4. The Hall–Kier alpha value is -1.74. The summed E-state index contributed by atoms with van der Waals surface area (Å²) in [5, 5.41) is 9.50. The predicted octanol–water partition coefficient (Wildman–Crippen LogP) is 3.59. The van der Waals surface area contributed by atoms with Gasteiger partial charge in [-0.05, 0) is 36.6 Å². The Balaban J connectivity index is 2.32. The Morgan fingerprint density at radius 1 is 1.00 bits per heavy atom. The molecule has 0 aliphatic rings. The van der Waals surface area contributed by atoms with Gasteiger partial charge in [0.2, 0.25) is 0 Å². The van der Waals surface area contributed by atoms with Gasteiger partial charge in [0.25, 0.3) is 0 Å². The molecule has 0 radical (unpaired) electrons. The van der Waals surface area contributed by atoms with Crippen molar-refractivity contribution in [3.63, 3.8) is 0 Å². The number of aliphatic hydroxyl groups is 1. The van der Waals surface area contributed by atoms with E-state index in [4.69, 9.17) is 0 Å². The third-order valence-corrected chi connectivity index (χ3v) is 3.36. The van der Waals surface area contributed by atoms with Crippen LogP contribution in [0.2, 0.25) is 0 Å². The van der Waals surface area contributed by atoms with Crippen LogP contribution >= 0.6 is 0 Å². The average molecular weight is 262 g/mol. The Labute approximate surface area is 111 Å². The van der Waals surface area contributed by atoms with Crippen molar-refractivity contribution in [3.05, 3.63) is 70.8 Å². The molecule has 0 aromatic heterocycles. The molecule has 1 unspecified atom stereocenters. The van der Waals surface area contributed by atoms with Gasteiger partial charge >= 0.3 is 0 Å². The van der Waals surface area contributed by atoms with Crippen LogP contribution < -0.4 is 0 Å². The summed E-state index contributed by atoms with van der Waals surface area (Å²) in [6.07, 6.45) is 0.153. The summed E-state index contributed by atoms with van der Waals surface area (Å²) in [5.74, 6) is -1.42. The van der Waals surface area contributed by atoms with Crippen molar-refractivity contribution in [3.8, 4) is 0 Å². The first-order valence-electron chi connectivity index (χ1n) is 6.22. The summed E-state index contributed by atoms with van der Waals surface area (Å²) in [6, 6.07) is 11.4. The van der Waals surface area contributed by atoms with Gasteiger partial charge in [-0.2, -0.15) is 0 Å². The lowest BCUT2D eigenvalue weighted by Crippen LogP contribution is -2.11. The topological polar surface area (TPSA) is 20.2 Å². The second kappa shape index (κ2) is 5.93. The van der Waals surface area contributed by atoms with Gasteiger partial charge < -0.3 is 5.11 Å². The average Bonchev–Trinajstić information content (AvgIpc) is 2.40. The quantitative estimate of drug-likeness (QED) is 0.892. The fourth-order valence-corrected chi connectivity index (χ4v) is 2.29. The summed E-state index contributed by atoms with van der Waals surface area (Å²) < 4.78 is 27.3. The largest absolute Gasteiger partial charge is 0.396 e. The van der Waals surface area contributed by atoms with Crippen molar-refractivity contribution < 1.29 is 13.9 Å². The predicted molar refractivity (Wildman–Crippen MR) is 71.1 cm³/mol. The maximum absolute atomic E-state index is 13.6. The lowest BCUT2D eigenvalue weighted by atomic mass is 9.89. The number of aryl methyl sites for hydroxylation is 1. The lowest BCUT2D eigenvalue weighted by Gasteiger charge is -2.17. The van der Waals surface area contributed by atoms with Crippen LogP contribution in [-0.2, 0) is 6.42 Å². The molecule has 0 heterocycles. The molecule has 0 spiro atoms. The molecular weight excluding hydrogens is 246 g/mol. The highest BCUT2D eigenvalue weighted by Gasteiger charge is 2.18. The fraction of sp³-hybridized carbons (Fsp3) is 0.250. The van der Waals surface area contributed by atoms with Gasteiger partial charge in [-0.25, -0.2) is 8.78 Å². The third-order valence-electron chi connectivity index (χ3n) is 3.36. The minimum Gasteiger partial charge on any atom is -0.396 e. The van der Waals surface area contributed by atoms with E-state index in [1.165, 1.54) is 18.2 Å². The van der Waals surface area contributed by atoms with Crippen LogP contribution in [0.1, 0.15) is 22.6 Å². The van der Waals surface area contributed by atoms with Crippen molar-refractivity contribution in [2.45, 2.75) is 19.3 Å². The maximum atomic E-state index is 13.6. The smallest absolute Gasteiger partial charge is 0.129 e. The zero-order valence-electron chi connectivity index (χ0n) is 10.7. The highest BCUT2D eigenvalue weighted by molar-refractivity contribution is 5.32. The van der Waals surface area contributed by atoms with E-state index in [0.717, 1.165) is 11.1 Å². The van der Waals surface area contributed by atoms with Crippen LogP contribution in [0.15, 0.2) is 42.5 Å². The summed E-state index contributed by atoms with van der Waals surface area (Å²) in [6.45, 7) is 1.79. The van der Waals surface area contributed by atoms with Crippen LogP contribution in [0.4, 0.5) is 8.78 Å². The molecule has 3 heteroatoms. The number of halogens is 2. The van der Waals surface area contributed by atoms with Gasteiger partial charge in [0.05, 0.1) is 6.61 Å². The minimum absolute atomic E-state index is 0.0322. The number of aliphatic hydroxyl groups excluding tert-OH is 1. The van der Waals surface area contributed by atoms with E-state index in [0.29, 0.717) is 0 Å². The number of benzene rings is 2. The third kappa shape index (κ3) is 2.99. The zero-order chi connectivity index (χ0) is 13.8. The van der Waals surface area contributed by atoms with Crippen LogP contribution in [0, 0.1) is 18.6 Å². The molecule has 0 fully saturated rings. The number of rotatable bonds is 4. The molecule has 1 N–H and O–H groups in total. The molecule has 19 heavy (non-hydrogen) atoms. The van der Waals surface area contributed by atoms with E-state index >= 15 is 0 Å². The van der Waals surface area contributed by atoms with Crippen molar-refractivity contribution in [1.82, 2.24) is 0 Å². The first kappa shape index (κ1) is 13.7. The lowest BCUT2D eigenvalue weighted by molar-refractivity contribution is 0.262. The Bertz CT molecular complexity index is 546. The molecule has 0 amide bonds. The molecule has 1 nitrogen and oxygen atoms in total. The number of hydrogen-bond donors (Lipinski definition) is 1. The zero-order valence-corrected chi connectivity index (χ0v) is 10.7. The van der Waals surface area contributed by atoms with Gasteiger partial charge in [-0.1, -0.05) is 30.3 Å². The summed E-state index contributed by atoms with van der Waals surface area (Å²) in [7, 11) is 0. The monoisotopic (exact) mass is 262 g/mol. The highest BCUT2D eigenvalue weighted by atomic mass is 19.1. The molecule has 1 atom stereocenters. The van der Waals surface area contributed by atoms with Gasteiger partial charge in [-0.3, -0.25) is 0 Å². The molecule has 0 aliphatic heterocycles. The van der Waals surface area contributed by atoms with Crippen molar-refractivity contribution in [1.29, 1.82) is 0 Å². The van der Waals surface area contributed by atoms with E-state index < -0.39 is 11.6 Å². The summed E-state index contributed by atoms with van der Waals surface area (Å²) >= 11 is 0. The molecule has 0 bridgehead atoms. The fourth-order valence-electron chi connectivity index (χ4n) is 2.29. The maximum Gasteiger partial charge on any atom is 0.129 e. The van der Waals surface area contributed by atoms with Gasteiger partial charge in [0, 0.05) is 11.5 Å². The molecular formula is C16H16F2O. The van der Waals surface area contributed by atoms with Crippen LogP contribution in [0.3, 0.4) is 0 Å². The molecule has 0 aliphatic carbocycles. The second-order valence-corrected chi connectivity index (χ2v) is 4.64. The SMILES string of the molecule is Cc1ccccc1C(CO)Cc1c(F)cccc1F. The molecule has 2 aromatic carbocycles. The second-order valence-electron chi connectivity index (χ2n) is 4.64. The van der Waals surface area contributed by atoms with Crippen molar-refractivity contribution in [2.75, 3.05) is 6.61 Å². The first-order chi connectivity index (χ1) is 9.13. The van der Waals surface area contributed by atoms with Gasteiger partial charge in [0.15, 0.2) is 0 Å². The molecule has 0 saturated carbocycles. The van der Waals surface area contributed by atoms with Gasteiger partial charge in [0.1, 0.15) is 11.6 Å². The molecule has 0 saturated heterocycles. The van der Waals surface area contributed by atoms with E-state index in [1.807, 2.05) is 31.2 Å².